The summed E-state index contributed by atoms with van der Waals surface area (Å²) < 4.78 is 25.8. The van der Waals surface area contributed by atoms with Gasteiger partial charge in [-0.15, -0.1) is 11.3 Å². The van der Waals surface area contributed by atoms with Gasteiger partial charge in [0.05, 0.1) is 17.1 Å². The summed E-state index contributed by atoms with van der Waals surface area (Å²) in [4.78, 5) is 14.3. The molecule has 0 radical (unpaired) electrons. The van der Waals surface area contributed by atoms with Crippen LogP contribution < -0.4 is 4.72 Å². The number of sulfonamides is 1. The topological polar surface area (TPSA) is 96.4 Å². The number of hydrogen-bond acceptors (Lipinski definition) is 5. The van der Waals surface area contributed by atoms with Crippen molar-refractivity contribution in [1.82, 2.24) is 9.71 Å². The second-order valence-corrected chi connectivity index (χ2v) is 6.31. The number of thiazole rings is 1. The van der Waals surface area contributed by atoms with Gasteiger partial charge in [-0.1, -0.05) is 0 Å². The summed E-state index contributed by atoms with van der Waals surface area (Å²) in [6.07, 6.45) is -0.240. The third kappa shape index (κ3) is 3.26. The highest BCUT2D eigenvalue weighted by molar-refractivity contribution is 7.91. The average molecular weight is 264 g/mol. The predicted molar refractivity (Wildman–Crippen MR) is 59.0 cm³/mol. The van der Waals surface area contributed by atoms with Gasteiger partial charge >= 0.3 is 5.97 Å². The molecular weight excluding hydrogens is 252 g/mol. The van der Waals surface area contributed by atoms with E-state index in [9.17, 15) is 13.2 Å². The van der Waals surface area contributed by atoms with E-state index in [0.717, 1.165) is 11.3 Å². The van der Waals surface area contributed by atoms with E-state index >= 15 is 0 Å². The second kappa shape index (κ2) is 4.89. The van der Waals surface area contributed by atoms with Gasteiger partial charge in [0, 0.05) is 6.54 Å². The lowest BCUT2D eigenvalue weighted by Crippen LogP contribution is -2.26. The van der Waals surface area contributed by atoms with Crippen molar-refractivity contribution in [1.29, 1.82) is 0 Å². The Balaban J connectivity index is 2.78. The molecule has 6 nitrogen and oxygen atoms in total. The fourth-order valence-electron chi connectivity index (χ4n) is 1.12. The molecule has 0 aliphatic carbocycles. The molecule has 0 aliphatic heterocycles. The molecular formula is C8H12N2O4S2. The normalized spacial score (nSPS) is 11.6. The molecule has 1 aromatic rings. The fraction of sp³-hybridized carbons (Fsp3) is 0.500. The molecule has 0 unspecified atom stereocenters. The maximum atomic E-state index is 11.7. The molecule has 2 N–H and O–H groups in total. The van der Waals surface area contributed by atoms with Crippen LogP contribution in [-0.4, -0.2) is 31.0 Å². The van der Waals surface area contributed by atoms with E-state index in [-0.39, 0.29) is 17.2 Å². The Morgan fingerprint density at radius 3 is 2.56 bits per heavy atom. The van der Waals surface area contributed by atoms with E-state index in [1.807, 2.05) is 0 Å². The average Bonchev–Trinajstić information content (AvgIpc) is 2.44. The van der Waals surface area contributed by atoms with Crippen LogP contribution in [0, 0.1) is 13.8 Å². The molecule has 0 aromatic carbocycles. The smallest absolute Gasteiger partial charge is 0.304 e. The van der Waals surface area contributed by atoms with Crippen molar-refractivity contribution in [2.45, 2.75) is 24.5 Å². The fourth-order valence-corrected chi connectivity index (χ4v) is 3.68. The molecule has 1 heterocycles. The Bertz CT molecular complexity index is 492. The van der Waals surface area contributed by atoms with Crippen LogP contribution in [0.2, 0.25) is 0 Å². The Labute approximate surface area is 97.4 Å². The van der Waals surface area contributed by atoms with Gasteiger partial charge in [-0.05, 0) is 13.8 Å². The summed E-state index contributed by atoms with van der Waals surface area (Å²) in [6, 6.07) is 0. The Hall–Kier alpha value is -0.990. The van der Waals surface area contributed by atoms with Gasteiger partial charge in [0.25, 0.3) is 10.0 Å². The van der Waals surface area contributed by atoms with Crippen LogP contribution in [0.5, 0.6) is 0 Å². The van der Waals surface area contributed by atoms with Crippen molar-refractivity contribution in [3.05, 3.63) is 10.7 Å². The number of rotatable bonds is 5. The molecule has 0 saturated heterocycles. The first-order chi connectivity index (χ1) is 7.33. The lowest BCUT2D eigenvalue weighted by Gasteiger charge is -2.02. The zero-order valence-corrected chi connectivity index (χ0v) is 10.5. The van der Waals surface area contributed by atoms with Crippen LogP contribution in [0.1, 0.15) is 17.1 Å². The van der Waals surface area contributed by atoms with Crippen molar-refractivity contribution in [2.75, 3.05) is 6.54 Å². The summed E-state index contributed by atoms with van der Waals surface area (Å²) in [5, 5.41) is 9.06. The number of carbonyl (C=O) groups is 1. The number of aliphatic carboxylic acids is 1. The monoisotopic (exact) mass is 264 g/mol. The standard InChI is InChI=1S/C8H12N2O4S2/c1-5-8(15-6(2)10-5)16(13,14)9-4-3-7(11)12/h9H,3-4H2,1-2H3,(H,11,12). The van der Waals surface area contributed by atoms with Gasteiger partial charge in [0.1, 0.15) is 0 Å². The minimum Gasteiger partial charge on any atom is -0.481 e. The van der Waals surface area contributed by atoms with Crippen LogP contribution in [0.15, 0.2) is 4.21 Å². The molecule has 1 aromatic heterocycles. The lowest BCUT2D eigenvalue weighted by atomic mass is 10.5. The van der Waals surface area contributed by atoms with Crippen molar-refractivity contribution in [3.8, 4) is 0 Å². The SMILES string of the molecule is Cc1nc(C)c(S(=O)(=O)NCCC(=O)O)s1. The maximum absolute atomic E-state index is 11.7. The highest BCUT2D eigenvalue weighted by Crippen LogP contribution is 2.22. The van der Waals surface area contributed by atoms with E-state index < -0.39 is 16.0 Å². The number of aryl methyl sites for hydroxylation is 2. The van der Waals surface area contributed by atoms with Crippen molar-refractivity contribution < 1.29 is 18.3 Å². The van der Waals surface area contributed by atoms with Gasteiger partial charge < -0.3 is 5.11 Å². The minimum atomic E-state index is -3.62. The Morgan fingerprint density at radius 1 is 1.50 bits per heavy atom. The molecule has 16 heavy (non-hydrogen) atoms. The maximum Gasteiger partial charge on any atom is 0.304 e. The number of nitrogens with one attached hydrogen (secondary N) is 1. The van der Waals surface area contributed by atoms with Crippen molar-refractivity contribution in [3.63, 3.8) is 0 Å². The van der Waals surface area contributed by atoms with Crippen LogP contribution in [0.4, 0.5) is 0 Å². The zero-order valence-electron chi connectivity index (χ0n) is 8.85. The molecule has 0 spiro atoms. The van der Waals surface area contributed by atoms with Crippen LogP contribution in [0.3, 0.4) is 0 Å². The van der Waals surface area contributed by atoms with Gasteiger partial charge in [-0.2, -0.15) is 0 Å². The first-order valence-electron chi connectivity index (χ1n) is 4.48. The third-order valence-corrected chi connectivity index (χ3v) is 4.88. The molecule has 0 amide bonds. The number of aromatic nitrogens is 1. The Morgan fingerprint density at radius 2 is 2.12 bits per heavy atom. The number of nitrogens with zero attached hydrogens (tertiary/aromatic N) is 1. The summed E-state index contributed by atoms with van der Waals surface area (Å²) in [5.41, 5.74) is 0.435. The first-order valence-corrected chi connectivity index (χ1v) is 6.78. The first kappa shape index (κ1) is 13.1. The van der Waals surface area contributed by atoms with Gasteiger partial charge in [0.15, 0.2) is 4.21 Å². The van der Waals surface area contributed by atoms with Crippen LogP contribution >= 0.6 is 11.3 Å². The molecule has 0 atom stereocenters. The molecule has 0 bridgehead atoms. The van der Waals surface area contributed by atoms with Gasteiger partial charge in [0.2, 0.25) is 0 Å². The predicted octanol–water partition coefficient (Wildman–Crippen LogP) is 0.513. The van der Waals surface area contributed by atoms with Crippen molar-refractivity contribution in [2.24, 2.45) is 0 Å². The van der Waals surface area contributed by atoms with E-state index in [0.29, 0.717) is 10.7 Å². The number of hydrogen-bond donors (Lipinski definition) is 2. The highest BCUT2D eigenvalue weighted by atomic mass is 32.2. The molecule has 90 valence electrons. The largest absolute Gasteiger partial charge is 0.481 e. The Kier molecular flexibility index (Phi) is 4.00. The molecule has 8 heteroatoms. The lowest BCUT2D eigenvalue weighted by molar-refractivity contribution is -0.136. The molecule has 1 rings (SSSR count). The van der Waals surface area contributed by atoms with Gasteiger partial charge in [-0.3, -0.25) is 4.79 Å². The summed E-state index contributed by atoms with van der Waals surface area (Å²) in [7, 11) is -3.62. The third-order valence-electron chi connectivity index (χ3n) is 1.74. The van der Waals surface area contributed by atoms with E-state index in [2.05, 4.69) is 9.71 Å². The summed E-state index contributed by atoms with van der Waals surface area (Å²) in [5.74, 6) is -1.04. The van der Waals surface area contributed by atoms with E-state index in [4.69, 9.17) is 5.11 Å². The molecule has 0 fully saturated rings. The minimum absolute atomic E-state index is 0.117. The van der Waals surface area contributed by atoms with Gasteiger partial charge in [-0.25, -0.2) is 18.1 Å². The zero-order chi connectivity index (χ0) is 12.3. The van der Waals surface area contributed by atoms with E-state index in [1.54, 1.807) is 13.8 Å². The van der Waals surface area contributed by atoms with Crippen molar-refractivity contribution >= 4 is 27.3 Å². The summed E-state index contributed by atoms with van der Waals surface area (Å²) in [6.45, 7) is 3.21. The van der Waals surface area contributed by atoms with Crippen LogP contribution in [0.25, 0.3) is 0 Å². The highest BCUT2D eigenvalue weighted by Gasteiger charge is 2.20. The quantitative estimate of drug-likeness (QED) is 0.808. The van der Waals surface area contributed by atoms with E-state index in [1.165, 1.54) is 0 Å². The molecule has 0 saturated carbocycles. The number of carboxylic acids is 1. The number of carboxylic acid groups (broad SMARTS) is 1. The summed E-state index contributed by atoms with van der Waals surface area (Å²) >= 11 is 1.07. The van der Waals surface area contributed by atoms with Crippen LogP contribution in [-0.2, 0) is 14.8 Å². The molecule has 0 aliphatic rings. The second-order valence-electron chi connectivity index (χ2n) is 3.15.